The Hall–Kier alpha value is -2.12. The fourth-order valence-electron chi connectivity index (χ4n) is 1.71. The number of halogens is 1. The highest BCUT2D eigenvalue weighted by Crippen LogP contribution is 2.34. The minimum absolute atomic E-state index is 0.0674. The monoisotopic (exact) mass is 340 g/mol. The quantitative estimate of drug-likeness (QED) is 0.607. The van der Waals surface area contributed by atoms with Gasteiger partial charge in [-0.1, -0.05) is 12.1 Å². The van der Waals surface area contributed by atoms with Crippen LogP contribution < -0.4 is 9.47 Å². The SMILES string of the molecule is COc1ccccc1N=Nc1ccc(S(=O)(=O)Cl)cc1OC. The van der Waals surface area contributed by atoms with E-state index in [4.69, 9.17) is 20.2 Å². The summed E-state index contributed by atoms with van der Waals surface area (Å²) >= 11 is 0. The Morgan fingerprint density at radius 1 is 0.909 bits per heavy atom. The predicted molar refractivity (Wildman–Crippen MR) is 83.2 cm³/mol. The van der Waals surface area contributed by atoms with Crippen LogP contribution in [0.2, 0.25) is 0 Å². The average molecular weight is 341 g/mol. The molecule has 0 aliphatic heterocycles. The molecule has 8 heteroatoms. The molecule has 116 valence electrons. The third-order valence-corrected chi connectivity index (χ3v) is 4.13. The molecule has 22 heavy (non-hydrogen) atoms. The van der Waals surface area contributed by atoms with E-state index in [-0.39, 0.29) is 10.6 Å². The second-order valence-corrected chi connectivity index (χ2v) is 6.71. The van der Waals surface area contributed by atoms with Crippen LogP contribution in [-0.2, 0) is 9.05 Å². The summed E-state index contributed by atoms with van der Waals surface area (Å²) in [6, 6.07) is 11.2. The van der Waals surface area contributed by atoms with Gasteiger partial charge in [0.1, 0.15) is 22.9 Å². The van der Waals surface area contributed by atoms with Crippen molar-refractivity contribution in [3.63, 3.8) is 0 Å². The van der Waals surface area contributed by atoms with Crippen LogP contribution >= 0.6 is 10.7 Å². The van der Waals surface area contributed by atoms with Gasteiger partial charge < -0.3 is 9.47 Å². The zero-order chi connectivity index (χ0) is 16.2. The Kier molecular flexibility index (Phi) is 4.99. The molecule has 0 spiro atoms. The zero-order valence-electron chi connectivity index (χ0n) is 11.9. The number of hydrogen-bond acceptors (Lipinski definition) is 6. The third kappa shape index (κ3) is 3.75. The lowest BCUT2D eigenvalue weighted by molar-refractivity contribution is 0.413. The van der Waals surface area contributed by atoms with Crippen LogP contribution in [0.15, 0.2) is 57.6 Å². The highest BCUT2D eigenvalue weighted by molar-refractivity contribution is 8.13. The van der Waals surface area contributed by atoms with E-state index >= 15 is 0 Å². The standard InChI is InChI=1S/C14H13ClN2O4S/c1-20-13-6-4-3-5-11(13)16-17-12-8-7-10(22(15,18)19)9-14(12)21-2/h3-9H,1-2H3. The van der Waals surface area contributed by atoms with Crippen LogP contribution in [0.1, 0.15) is 0 Å². The van der Waals surface area contributed by atoms with Crippen molar-refractivity contribution in [2.45, 2.75) is 4.90 Å². The number of nitrogens with zero attached hydrogens (tertiary/aromatic N) is 2. The van der Waals surface area contributed by atoms with E-state index in [0.29, 0.717) is 17.1 Å². The second kappa shape index (κ2) is 6.76. The van der Waals surface area contributed by atoms with Gasteiger partial charge in [0, 0.05) is 16.7 Å². The van der Waals surface area contributed by atoms with Crippen molar-refractivity contribution >= 4 is 31.1 Å². The Balaban J connectivity index is 2.39. The van der Waals surface area contributed by atoms with Crippen LogP contribution in [-0.4, -0.2) is 22.6 Å². The van der Waals surface area contributed by atoms with Gasteiger partial charge in [-0.2, -0.15) is 0 Å². The van der Waals surface area contributed by atoms with Gasteiger partial charge in [0.05, 0.1) is 19.1 Å². The fraction of sp³-hybridized carbons (Fsp3) is 0.143. The number of hydrogen-bond donors (Lipinski definition) is 0. The number of rotatable bonds is 5. The molecule has 0 saturated carbocycles. The summed E-state index contributed by atoms with van der Waals surface area (Å²) < 4.78 is 32.9. The summed E-state index contributed by atoms with van der Waals surface area (Å²) in [4.78, 5) is -0.0674. The third-order valence-electron chi connectivity index (χ3n) is 2.78. The molecule has 2 aromatic carbocycles. The van der Waals surface area contributed by atoms with E-state index in [1.807, 2.05) is 6.07 Å². The number of benzene rings is 2. The summed E-state index contributed by atoms with van der Waals surface area (Å²) in [5, 5.41) is 8.15. The molecule has 0 atom stereocenters. The van der Waals surface area contributed by atoms with E-state index in [9.17, 15) is 8.42 Å². The highest BCUT2D eigenvalue weighted by Gasteiger charge is 2.13. The molecule has 0 saturated heterocycles. The molecule has 6 nitrogen and oxygen atoms in total. The summed E-state index contributed by atoms with van der Waals surface area (Å²) in [5.74, 6) is 0.825. The largest absolute Gasteiger partial charge is 0.494 e. The molecular formula is C14H13ClN2O4S. The summed E-state index contributed by atoms with van der Waals surface area (Å²) in [6.45, 7) is 0. The van der Waals surface area contributed by atoms with E-state index in [1.165, 1.54) is 32.4 Å². The van der Waals surface area contributed by atoms with Crippen molar-refractivity contribution in [1.29, 1.82) is 0 Å². The Bertz CT molecular complexity index is 806. The number of azo groups is 1. The van der Waals surface area contributed by atoms with Gasteiger partial charge in [0.25, 0.3) is 9.05 Å². The number of para-hydroxylation sites is 1. The van der Waals surface area contributed by atoms with Crippen LogP contribution in [0, 0.1) is 0 Å². The average Bonchev–Trinajstić information content (AvgIpc) is 2.52. The molecule has 2 rings (SSSR count). The fourth-order valence-corrected chi connectivity index (χ4v) is 2.48. The van der Waals surface area contributed by atoms with Gasteiger partial charge in [-0.05, 0) is 24.3 Å². The van der Waals surface area contributed by atoms with Gasteiger partial charge in [-0.25, -0.2) is 8.42 Å². The molecule has 0 radical (unpaired) electrons. The maximum Gasteiger partial charge on any atom is 0.261 e. The first-order valence-electron chi connectivity index (χ1n) is 6.13. The minimum Gasteiger partial charge on any atom is -0.494 e. The maximum absolute atomic E-state index is 11.3. The minimum atomic E-state index is -3.83. The van der Waals surface area contributed by atoms with Gasteiger partial charge in [-0.15, -0.1) is 10.2 Å². The van der Waals surface area contributed by atoms with Gasteiger partial charge in [0.15, 0.2) is 0 Å². The van der Waals surface area contributed by atoms with Crippen LogP contribution in [0.3, 0.4) is 0 Å². The topological polar surface area (TPSA) is 77.3 Å². The second-order valence-electron chi connectivity index (χ2n) is 4.14. The Morgan fingerprint density at radius 2 is 1.50 bits per heavy atom. The van der Waals surface area contributed by atoms with Crippen LogP contribution in [0.4, 0.5) is 11.4 Å². The first-order chi connectivity index (χ1) is 10.5. The van der Waals surface area contributed by atoms with E-state index in [0.717, 1.165) is 0 Å². The van der Waals surface area contributed by atoms with Crippen LogP contribution in [0.5, 0.6) is 11.5 Å². The smallest absolute Gasteiger partial charge is 0.261 e. The lowest BCUT2D eigenvalue weighted by Crippen LogP contribution is -1.92. The first kappa shape index (κ1) is 16.3. The highest BCUT2D eigenvalue weighted by atomic mass is 35.7. The summed E-state index contributed by atoms with van der Waals surface area (Å²) in [6.07, 6.45) is 0. The Morgan fingerprint density at radius 3 is 2.09 bits per heavy atom. The molecule has 0 heterocycles. The maximum atomic E-state index is 11.3. The first-order valence-corrected chi connectivity index (χ1v) is 8.44. The number of methoxy groups -OCH3 is 2. The molecular weight excluding hydrogens is 328 g/mol. The predicted octanol–water partition coefficient (Wildman–Crippen LogP) is 4.05. The molecule has 0 N–H and O–H groups in total. The van der Waals surface area contributed by atoms with Crippen molar-refractivity contribution in [2.24, 2.45) is 10.2 Å². The molecule has 0 bridgehead atoms. The van der Waals surface area contributed by atoms with Crippen molar-refractivity contribution in [3.8, 4) is 11.5 Å². The zero-order valence-corrected chi connectivity index (χ0v) is 13.4. The Labute approximate surface area is 132 Å². The molecule has 2 aromatic rings. The van der Waals surface area contributed by atoms with E-state index < -0.39 is 9.05 Å². The van der Waals surface area contributed by atoms with Crippen molar-refractivity contribution in [1.82, 2.24) is 0 Å². The summed E-state index contributed by atoms with van der Waals surface area (Å²) in [7, 11) is 4.41. The van der Waals surface area contributed by atoms with Crippen molar-refractivity contribution in [3.05, 3.63) is 42.5 Å². The molecule has 0 aliphatic carbocycles. The van der Waals surface area contributed by atoms with Crippen LogP contribution in [0.25, 0.3) is 0 Å². The molecule has 0 unspecified atom stereocenters. The van der Waals surface area contributed by atoms with Gasteiger partial charge in [0.2, 0.25) is 0 Å². The van der Waals surface area contributed by atoms with Gasteiger partial charge in [-0.3, -0.25) is 0 Å². The normalized spacial score (nSPS) is 11.6. The van der Waals surface area contributed by atoms with E-state index in [1.54, 1.807) is 18.2 Å². The molecule has 0 amide bonds. The van der Waals surface area contributed by atoms with Gasteiger partial charge >= 0.3 is 0 Å². The number of ether oxygens (including phenoxy) is 2. The molecule has 0 fully saturated rings. The molecule has 0 aliphatic rings. The summed E-state index contributed by atoms with van der Waals surface area (Å²) in [5.41, 5.74) is 0.915. The van der Waals surface area contributed by atoms with E-state index in [2.05, 4.69) is 10.2 Å². The lowest BCUT2D eigenvalue weighted by Gasteiger charge is -2.06. The lowest BCUT2D eigenvalue weighted by atomic mass is 10.3. The van der Waals surface area contributed by atoms with Crippen molar-refractivity contribution in [2.75, 3.05) is 14.2 Å². The van der Waals surface area contributed by atoms with Crippen molar-refractivity contribution < 1.29 is 17.9 Å². The molecule has 0 aromatic heterocycles.